The van der Waals surface area contributed by atoms with E-state index in [4.69, 9.17) is 14.6 Å². The Morgan fingerprint density at radius 2 is 1.92 bits per heavy atom. The van der Waals surface area contributed by atoms with Crippen molar-refractivity contribution in [2.45, 2.75) is 19.5 Å². The molecule has 2 rings (SSSR count). The van der Waals surface area contributed by atoms with Gasteiger partial charge < -0.3 is 19.9 Å². The molecule has 1 unspecified atom stereocenters. The molecule has 0 bridgehead atoms. The van der Waals surface area contributed by atoms with Gasteiger partial charge in [0.2, 0.25) is 0 Å². The number of rotatable bonds is 8. The summed E-state index contributed by atoms with van der Waals surface area (Å²) >= 11 is 0. The average Bonchev–Trinajstić information content (AvgIpc) is 2.58. The van der Waals surface area contributed by atoms with Crippen molar-refractivity contribution >= 4 is 0 Å². The number of benzene rings is 2. The summed E-state index contributed by atoms with van der Waals surface area (Å²) in [4.78, 5) is 0. The first-order valence-electron chi connectivity index (χ1n) is 7.64. The number of aliphatic hydroxyl groups excluding tert-OH is 1. The summed E-state index contributed by atoms with van der Waals surface area (Å²) in [7, 11) is 1.54. The van der Waals surface area contributed by atoms with Crippen molar-refractivity contribution in [3.8, 4) is 11.5 Å². The van der Waals surface area contributed by atoms with E-state index in [0.29, 0.717) is 23.6 Å². The van der Waals surface area contributed by atoms with E-state index in [-0.39, 0.29) is 19.3 Å². The Hall–Kier alpha value is -2.18. The fraction of sp³-hybridized carbons (Fsp3) is 0.333. The van der Waals surface area contributed by atoms with Gasteiger partial charge in [-0.2, -0.15) is 0 Å². The highest BCUT2D eigenvalue weighted by atomic mass is 19.1. The maximum absolute atomic E-state index is 13.8. The Balaban J connectivity index is 2.03. The van der Waals surface area contributed by atoms with Gasteiger partial charge in [-0.05, 0) is 30.7 Å². The molecule has 130 valence electrons. The Bertz CT molecular complexity index is 679. The van der Waals surface area contributed by atoms with Crippen molar-refractivity contribution in [2.24, 2.45) is 0 Å². The predicted octanol–water partition coefficient (Wildman–Crippen LogP) is 3.20. The van der Waals surface area contributed by atoms with Gasteiger partial charge in [0.15, 0.2) is 11.5 Å². The summed E-state index contributed by atoms with van der Waals surface area (Å²) in [6, 6.07) is 8.71. The van der Waals surface area contributed by atoms with E-state index < -0.39 is 11.6 Å². The van der Waals surface area contributed by atoms with Gasteiger partial charge in [0, 0.05) is 24.2 Å². The minimum Gasteiger partial charge on any atom is -0.493 e. The van der Waals surface area contributed by atoms with Crippen LogP contribution in [0.5, 0.6) is 11.5 Å². The van der Waals surface area contributed by atoms with Gasteiger partial charge in [-0.3, -0.25) is 0 Å². The normalized spacial score (nSPS) is 12.0. The van der Waals surface area contributed by atoms with Gasteiger partial charge in [-0.15, -0.1) is 0 Å². The van der Waals surface area contributed by atoms with Crippen LogP contribution >= 0.6 is 0 Å². The smallest absolute Gasteiger partial charge is 0.161 e. The third kappa shape index (κ3) is 4.66. The first-order valence-corrected chi connectivity index (χ1v) is 7.64. The van der Waals surface area contributed by atoms with E-state index in [0.717, 1.165) is 11.6 Å². The van der Waals surface area contributed by atoms with Crippen LogP contribution < -0.4 is 14.8 Å². The van der Waals surface area contributed by atoms with Crippen molar-refractivity contribution in [1.29, 1.82) is 0 Å². The second kappa shape index (κ2) is 8.61. The molecule has 0 aromatic heterocycles. The zero-order chi connectivity index (χ0) is 17.5. The lowest BCUT2D eigenvalue weighted by Gasteiger charge is -2.16. The second-order valence-electron chi connectivity index (χ2n) is 5.33. The van der Waals surface area contributed by atoms with Crippen molar-refractivity contribution in [3.05, 3.63) is 59.2 Å². The van der Waals surface area contributed by atoms with Crippen molar-refractivity contribution < 1.29 is 23.4 Å². The summed E-state index contributed by atoms with van der Waals surface area (Å²) in [6.07, 6.45) is 0. The van der Waals surface area contributed by atoms with E-state index in [1.165, 1.54) is 19.2 Å². The average molecular weight is 337 g/mol. The molecule has 0 saturated carbocycles. The van der Waals surface area contributed by atoms with Gasteiger partial charge >= 0.3 is 0 Å². The first kappa shape index (κ1) is 18.2. The molecule has 24 heavy (non-hydrogen) atoms. The van der Waals surface area contributed by atoms with Crippen LogP contribution in [-0.2, 0) is 6.54 Å². The molecule has 2 aromatic carbocycles. The van der Waals surface area contributed by atoms with E-state index in [9.17, 15) is 8.78 Å². The molecule has 6 heteroatoms. The molecular weight excluding hydrogens is 316 g/mol. The third-order valence-electron chi connectivity index (χ3n) is 3.62. The van der Waals surface area contributed by atoms with Crippen molar-refractivity contribution in [3.63, 3.8) is 0 Å². The van der Waals surface area contributed by atoms with E-state index in [2.05, 4.69) is 5.32 Å². The molecule has 1 atom stereocenters. The lowest BCUT2D eigenvalue weighted by Crippen LogP contribution is -2.19. The Labute approximate surface area is 140 Å². The van der Waals surface area contributed by atoms with Crippen LogP contribution in [0.25, 0.3) is 0 Å². The highest BCUT2D eigenvalue weighted by molar-refractivity contribution is 5.43. The minimum absolute atomic E-state index is 0.0762. The van der Waals surface area contributed by atoms with Crippen molar-refractivity contribution in [2.75, 3.05) is 20.3 Å². The monoisotopic (exact) mass is 337 g/mol. The maximum Gasteiger partial charge on any atom is 0.161 e. The summed E-state index contributed by atoms with van der Waals surface area (Å²) in [6.45, 7) is 2.41. The van der Waals surface area contributed by atoms with Crippen molar-refractivity contribution in [1.82, 2.24) is 5.32 Å². The maximum atomic E-state index is 13.8. The highest BCUT2D eigenvalue weighted by Gasteiger charge is 2.12. The number of hydrogen-bond acceptors (Lipinski definition) is 4. The highest BCUT2D eigenvalue weighted by Crippen LogP contribution is 2.28. The summed E-state index contributed by atoms with van der Waals surface area (Å²) in [5.74, 6) is -0.0525. The van der Waals surface area contributed by atoms with Gasteiger partial charge in [-0.1, -0.05) is 12.1 Å². The second-order valence-corrected chi connectivity index (χ2v) is 5.33. The molecule has 0 spiro atoms. The molecular formula is C18H21F2NO3. The van der Waals surface area contributed by atoms with Crippen LogP contribution in [0.1, 0.15) is 24.1 Å². The number of hydrogen-bond donors (Lipinski definition) is 2. The number of nitrogens with one attached hydrogen (secondary N) is 1. The molecule has 2 aromatic rings. The number of halogens is 2. The summed E-state index contributed by atoms with van der Waals surface area (Å²) < 4.78 is 37.4. The first-order chi connectivity index (χ1) is 11.5. The van der Waals surface area contributed by atoms with Crippen LogP contribution in [0.2, 0.25) is 0 Å². The van der Waals surface area contributed by atoms with Crippen LogP contribution in [0.4, 0.5) is 8.78 Å². The fourth-order valence-corrected chi connectivity index (χ4v) is 2.33. The summed E-state index contributed by atoms with van der Waals surface area (Å²) in [5.41, 5.74) is 1.34. The van der Waals surface area contributed by atoms with Gasteiger partial charge in [0.25, 0.3) is 0 Å². The molecule has 2 N–H and O–H groups in total. The lowest BCUT2D eigenvalue weighted by molar-refractivity contribution is 0.196. The molecule has 0 fully saturated rings. The van der Waals surface area contributed by atoms with Gasteiger partial charge in [0.1, 0.15) is 18.2 Å². The molecule has 0 heterocycles. The lowest BCUT2D eigenvalue weighted by atomic mass is 10.1. The molecule has 0 radical (unpaired) electrons. The molecule has 4 nitrogen and oxygen atoms in total. The standard InChI is InChI=1S/C18H21F2NO3/c1-12(15-5-4-14(19)10-16(15)20)21-11-13-3-6-17(24-8-7-22)18(9-13)23-2/h3-6,9-10,12,21-22H,7-8,11H2,1-2H3. The minimum atomic E-state index is -0.591. The predicted molar refractivity (Wildman–Crippen MR) is 87.2 cm³/mol. The number of ether oxygens (including phenoxy) is 2. The van der Waals surface area contributed by atoms with E-state index >= 15 is 0 Å². The SMILES string of the molecule is COc1cc(CNC(C)c2ccc(F)cc2F)ccc1OCCO. The zero-order valence-electron chi connectivity index (χ0n) is 13.7. The van der Waals surface area contributed by atoms with Gasteiger partial charge in [0.05, 0.1) is 13.7 Å². The fourth-order valence-electron chi connectivity index (χ4n) is 2.33. The van der Waals surface area contributed by atoms with Gasteiger partial charge in [-0.25, -0.2) is 8.78 Å². The zero-order valence-corrected chi connectivity index (χ0v) is 13.7. The Morgan fingerprint density at radius 1 is 1.12 bits per heavy atom. The van der Waals surface area contributed by atoms with Crippen LogP contribution in [-0.4, -0.2) is 25.4 Å². The third-order valence-corrected chi connectivity index (χ3v) is 3.62. The Morgan fingerprint density at radius 3 is 2.58 bits per heavy atom. The number of methoxy groups -OCH3 is 1. The molecule has 0 aliphatic carbocycles. The van der Waals surface area contributed by atoms with E-state index in [1.807, 2.05) is 19.1 Å². The van der Waals surface area contributed by atoms with Crippen LogP contribution in [0.15, 0.2) is 36.4 Å². The molecule has 0 amide bonds. The quantitative estimate of drug-likeness (QED) is 0.777. The Kier molecular flexibility index (Phi) is 6.52. The van der Waals surface area contributed by atoms with Crippen LogP contribution in [0, 0.1) is 11.6 Å². The largest absolute Gasteiger partial charge is 0.493 e. The van der Waals surface area contributed by atoms with E-state index in [1.54, 1.807) is 6.07 Å². The summed E-state index contributed by atoms with van der Waals surface area (Å²) in [5, 5.41) is 12.0. The van der Waals surface area contributed by atoms with Crippen LogP contribution in [0.3, 0.4) is 0 Å². The molecule has 0 saturated heterocycles. The molecule has 0 aliphatic rings. The topological polar surface area (TPSA) is 50.7 Å². The molecule has 0 aliphatic heterocycles. The number of aliphatic hydroxyl groups is 1.